The number of fused-ring (bicyclic) bond motifs is 1. The van der Waals surface area contributed by atoms with Crippen LogP contribution in [0.15, 0.2) is 11.2 Å². The minimum Gasteiger partial charge on any atom is -0.211 e. The van der Waals surface area contributed by atoms with E-state index in [1.165, 1.54) is 4.88 Å². The van der Waals surface area contributed by atoms with Crippen LogP contribution in [0.3, 0.4) is 0 Å². The summed E-state index contributed by atoms with van der Waals surface area (Å²) in [6, 6.07) is 2.10. The van der Waals surface area contributed by atoms with Gasteiger partial charge in [-0.15, -0.1) is 11.3 Å². The highest BCUT2D eigenvalue weighted by Crippen LogP contribution is 2.31. The molecule has 0 spiro atoms. The van der Waals surface area contributed by atoms with Gasteiger partial charge in [0.15, 0.2) is 5.16 Å². The van der Waals surface area contributed by atoms with E-state index in [2.05, 4.69) is 36.8 Å². The van der Waals surface area contributed by atoms with Crippen LogP contribution in [0, 0.1) is 5.92 Å². The molecular weight excluding hydrogens is 272 g/mol. The molecule has 0 saturated heterocycles. The molecule has 0 unspecified atom stereocenters. The molecule has 0 aliphatic carbocycles. The molecule has 0 amide bonds. The van der Waals surface area contributed by atoms with Gasteiger partial charge in [0.1, 0.15) is 9.98 Å². The van der Waals surface area contributed by atoms with Crippen LogP contribution in [0.5, 0.6) is 0 Å². The molecule has 0 N–H and O–H groups in total. The average Bonchev–Trinajstić information content (AvgIpc) is 2.70. The highest BCUT2D eigenvalue weighted by Gasteiger charge is 2.10. The third-order valence-electron chi connectivity index (χ3n) is 2.27. The third kappa shape index (κ3) is 3.12. The lowest BCUT2D eigenvalue weighted by Crippen LogP contribution is -1.94. The Morgan fingerprint density at radius 1 is 1.41 bits per heavy atom. The van der Waals surface area contributed by atoms with E-state index in [4.69, 9.17) is 11.6 Å². The zero-order valence-corrected chi connectivity index (χ0v) is 12.5. The van der Waals surface area contributed by atoms with Crippen LogP contribution >= 0.6 is 34.7 Å². The minimum absolute atomic E-state index is 0.581. The van der Waals surface area contributed by atoms with Crippen molar-refractivity contribution in [3.8, 4) is 0 Å². The Kier molecular flexibility index (Phi) is 4.28. The Balaban J connectivity index is 2.33. The first-order chi connectivity index (χ1) is 8.10. The number of thiophene rings is 1. The van der Waals surface area contributed by atoms with Gasteiger partial charge in [-0.2, -0.15) is 0 Å². The number of nitrogens with zero attached hydrogens (tertiary/aromatic N) is 2. The maximum atomic E-state index is 6.19. The fourth-order valence-electron chi connectivity index (χ4n) is 1.40. The second-order valence-electron chi connectivity index (χ2n) is 4.29. The van der Waals surface area contributed by atoms with E-state index in [1.807, 2.05) is 0 Å². The SMILES string of the molecule is CCc1cc2c(Cl)nc(SCC(C)C)nc2s1. The van der Waals surface area contributed by atoms with Crippen LogP contribution in [0.1, 0.15) is 25.6 Å². The summed E-state index contributed by atoms with van der Waals surface area (Å²) < 4.78 is 0. The van der Waals surface area contributed by atoms with Crippen molar-refractivity contribution >= 4 is 44.9 Å². The predicted molar refractivity (Wildman–Crippen MR) is 77.4 cm³/mol. The molecule has 2 aromatic heterocycles. The second kappa shape index (κ2) is 5.55. The second-order valence-corrected chi connectivity index (χ2v) is 6.75. The van der Waals surface area contributed by atoms with Gasteiger partial charge in [0, 0.05) is 16.0 Å². The smallest absolute Gasteiger partial charge is 0.190 e. The molecule has 0 fully saturated rings. The van der Waals surface area contributed by atoms with E-state index < -0.39 is 0 Å². The summed E-state index contributed by atoms with van der Waals surface area (Å²) in [5.41, 5.74) is 0. The van der Waals surface area contributed by atoms with Crippen molar-refractivity contribution < 1.29 is 0 Å². The van der Waals surface area contributed by atoms with Crippen LogP contribution in [0.4, 0.5) is 0 Å². The topological polar surface area (TPSA) is 25.8 Å². The van der Waals surface area contributed by atoms with Crippen LogP contribution < -0.4 is 0 Å². The number of hydrogen-bond acceptors (Lipinski definition) is 4. The van der Waals surface area contributed by atoms with Gasteiger partial charge < -0.3 is 0 Å². The van der Waals surface area contributed by atoms with E-state index >= 15 is 0 Å². The average molecular weight is 287 g/mol. The zero-order chi connectivity index (χ0) is 12.4. The summed E-state index contributed by atoms with van der Waals surface area (Å²) in [7, 11) is 0. The van der Waals surface area contributed by atoms with Crippen molar-refractivity contribution in [1.29, 1.82) is 0 Å². The molecule has 0 aliphatic heterocycles. The highest BCUT2D eigenvalue weighted by molar-refractivity contribution is 7.99. The van der Waals surface area contributed by atoms with Crippen molar-refractivity contribution in [1.82, 2.24) is 9.97 Å². The highest BCUT2D eigenvalue weighted by atomic mass is 35.5. The lowest BCUT2D eigenvalue weighted by atomic mass is 10.3. The maximum absolute atomic E-state index is 6.19. The van der Waals surface area contributed by atoms with E-state index in [9.17, 15) is 0 Å². The predicted octanol–water partition coefficient (Wildman–Crippen LogP) is 4.66. The van der Waals surface area contributed by atoms with Crippen LogP contribution in [0.25, 0.3) is 10.2 Å². The molecule has 2 heterocycles. The first-order valence-electron chi connectivity index (χ1n) is 5.69. The Morgan fingerprint density at radius 2 is 2.18 bits per heavy atom. The number of aromatic nitrogens is 2. The first-order valence-corrected chi connectivity index (χ1v) is 7.87. The van der Waals surface area contributed by atoms with Crippen molar-refractivity contribution in [2.75, 3.05) is 5.75 Å². The van der Waals surface area contributed by atoms with E-state index in [-0.39, 0.29) is 0 Å². The van der Waals surface area contributed by atoms with Crippen LogP contribution in [0.2, 0.25) is 5.15 Å². The number of halogens is 1. The summed E-state index contributed by atoms with van der Waals surface area (Å²) in [5, 5.41) is 2.36. The molecule has 0 aromatic carbocycles. The summed E-state index contributed by atoms with van der Waals surface area (Å²) in [6.07, 6.45) is 1.02. The quantitative estimate of drug-likeness (QED) is 0.465. The molecule has 17 heavy (non-hydrogen) atoms. The Morgan fingerprint density at radius 3 is 2.82 bits per heavy atom. The lowest BCUT2D eigenvalue weighted by molar-refractivity contribution is 0.748. The maximum Gasteiger partial charge on any atom is 0.190 e. The molecule has 0 saturated carbocycles. The van der Waals surface area contributed by atoms with E-state index in [0.717, 1.165) is 27.5 Å². The molecule has 5 heteroatoms. The summed E-state index contributed by atoms with van der Waals surface area (Å²) in [6.45, 7) is 6.52. The standard InChI is InChI=1S/C12H15ClN2S2/c1-4-8-5-9-10(13)14-12(15-11(9)17-8)16-6-7(2)3/h5,7H,4,6H2,1-3H3. The largest absolute Gasteiger partial charge is 0.211 e. The van der Waals surface area contributed by atoms with Gasteiger partial charge in [0.25, 0.3) is 0 Å². The van der Waals surface area contributed by atoms with E-state index in [1.54, 1.807) is 23.1 Å². The number of aryl methyl sites for hydroxylation is 1. The van der Waals surface area contributed by atoms with Crippen molar-refractivity contribution in [2.45, 2.75) is 32.3 Å². The molecule has 0 atom stereocenters. The van der Waals surface area contributed by atoms with Crippen molar-refractivity contribution in [2.24, 2.45) is 5.92 Å². The lowest BCUT2D eigenvalue weighted by Gasteiger charge is -2.03. The normalized spacial score (nSPS) is 11.6. The van der Waals surface area contributed by atoms with Gasteiger partial charge in [0.2, 0.25) is 0 Å². The van der Waals surface area contributed by atoms with Crippen molar-refractivity contribution in [3.05, 3.63) is 16.1 Å². The Labute approximate surface area is 115 Å². The third-order valence-corrected chi connectivity index (χ3v) is 5.01. The fraction of sp³-hybridized carbons (Fsp3) is 0.500. The Hall–Kier alpha value is -0.320. The Bertz CT molecular complexity index is 522. The van der Waals surface area contributed by atoms with Gasteiger partial charge in [-0.3, -0.25) is 0 Å². The minimum atomic E-state index is 0.581. The molecular formula is C12H15ClN2S2. The number of hydrogen-bond donors (Lipinski definition) is 0. The van der Waals surface area contributed by atoms with Gasteiger partial charge in [-0.25, -0.2) is 9.97 Å². The molecule has 2 nitrogen and oxygen atoms in total. The van der Waals surface area contributed by atoms with Gasteiger partial charge in [-0.05, 0) is 18.4 Å². The van der Waals surface area contributed by atoms with Crippen molar-refractivity contribution in [3.63, 3.8) is 0 Å². The molecule has 92 valence electrons. The van der Waals surface area contributed by atoms with Gasteiger partial charge in [-0.1, -0.05) is 44.1 Å². The molecule has 0 bridgehead atoms. The fourth-order valence-corrected chi connectivity index (χ4v) is 3.55. The molecule has 0 aliphatic rings. The number of rotatable bonds is 4. The number of thioether (sulfide) groups is 1. The van der Waals surface area contributed by atoms with Gasteiger partial charge >= 0.3 is 0 Å². The monoisotopic (exact) mass is 286 g/mol. The summed E-state index contributed by atoms with van der Waals surface area (Å²) in [4.78, 5) is 11.2. The zero-order valence-electron chi connectivity index (χ0n) is 10.2. The molecule has 0 radical (unpaired) electrons. The van der Waals surface area contributed by atoms with Crippen LogP contribution in [-0.4, -0.2) is 15.7 Å². The first kappa shape index (κ1) is 13.1. The van der Waals surface area contributed by atoms with Crippen LogP contribution in [-0.2, 0) is 6.42 Å². The summed E-state index contributed by atoms with van der Waals surface area (Å²) in [5.74, 6) is 1.65. The van der Waals surface area contributed by atoms with E-state index in [0.29, 0.717) is 11.1 Å². The van der Waals surface area contributed by atoms with Gasteiger partial charge in [0.05, 0.1) is 0 Å². The molecule has 2 rings (SSSR count). The molecule has 2 aromatic rings. The summed E-state index contributed by atoms with van der Waals surface area (Å²) >= 11 is 9.58.